The van der Waals surface area contributed by atoms with E-state index in [9.17, 15) is 18.5 Å². The third-order valence-electron chi connectivity index (χ3n) is 1.29. The molecule has 0 radical (unpaired) electrons. The highest BCUT2D eigenvalue weighted by atomic mass is 79.9. The predicted molar refractivity (Wildman–Crippen MR) is 51.6 cm³/mol. The van der Waals surface area contributed by atoms with E-state index in [1.165, 1.54) is 0 Å². The maximum Gasteiger partial charge on any atom is 0.321 e. The van der Waals surface area contributed by atoms with Crippen LogP contribution < -0.4 is 0 Å². The number of aromatic nitrogens is 1. The molecule has 0 spiro atoms. The Labute approximate surface area is 91.6 Å². The van der Waals surface area contributed by atoms with Gasteiger partial charge in [0.25, 0.3) is 9.05 Å². The molecule has 0 amide bonds. The number of hydrogen-bond acceptors (Lipinski definition) is 5. The van der Waals surface area contributed by atoms with Gasteiger partial charge in [0.05, 0.1) is 4.92 Å². The molecule has 1 aromatic heterocycles. The van der Waals surface area contributed by atoms with E-state index in [2.05, 4.69) is 20.9 Å². The quantitative estimate of drug-likeness (QED) is 0.359. The number of halogens is 2. The minimum Gasteiger partial charge on any atom is -0.258 e. The van der Waals surface area contributed by atoms with Gasteiger partial charge in [0, 0.05) is 16.9 Å². The SMILES string of the molecule is O=[N+]([O-])c1c(S(=O)(=O)Cl)ccnc1Br. The van der Waals surface area contributed by atoms with Crippen LogP contribution >= 0.6 is 26.6 Å². The van der Waals surface area contributed by atoms with Crippen molar-refractivity contribution >= 4 is 41.4 Å². The summed E-state index contributed by atoms with van der Waals surface area (Å²) in [6.45, 7) is 0. The second-order valence-electron chi connectivity index (χ2n) is 2.14. The molecular formula is C5H2BrClN2O4S. The highest BCUT2D eigenvalue weighted by Crippen LogP contribution is 2.31. The van der Waals surface area contributed by atoms with Gasteiger partial charge in [-0.15, -0.1) is 0 Å². The number of rotatable bonds is 2. The highest BCUT2D eigenvalue weighted by Gasteiger charge is 2.27. The zero-order valence-corrected chi connectivity index (χ0v) is 9.50. The molecule has 0 N–H and O–H groups in total. The number of nitrogens with zero attached hydrogens (tertiary/aromatic N) is 2. The van der Waals surface area contributed by atoms with Gasteiger partial charge in [-0.3, -0.25) is 10.1 Å². The topological polar surface area (TPSA) is 90.2 Å². The number of hydrogen-bond donors (Lipinski definition) is 0. The third-order valence-corrected chi connectivity index (χ3v) is 3.22. The maximum absolute atomic E-state index is 10.9. The van der Waals surface area contributed by atoms with Crippen LogP contribution in [0.5, 0.6) is 0 Å². The Bertz CT molecular complexity index is 489. The lowest BCUT2D eigenvalue weighted by molar-refractivity contribution is -0.389. The Hall–Kier alpha value is -0.730. The summed E-state index contributed by atoms with van der Waals surface area (Å²) in [5, 5.41) is 10.5. The second-order valence-corrected chi connectivity index (χ2v) is 5.43. The van der Waals surface area contributed by atoms with Gasteiger partial charge in [-0.1, -0.05) is 0 Å². The first kappa shape index (κ1) is 11.3. The standard InChI is InChI=1S/C5H2BrClN2O4S/c6-5-4(9(10)11)3(1-2-8-5)14(7,12)13/h1-2H. The molecule has 0 aliphatic rings. The van der Waals surface area contributed by atoms with Crippen molar-refractivity contribution in [3.63, 3.8) is 0 Å². The monoisotopic (exact) mass is 300 g/mol. The molecule has 14 heavy (non-hydrogen) atoms. The Morgan fingerprint density at radius 1 is 1.57 bits per heavy atom. The minimum atomic E-state index is -4.14. The molecule has 1 heterocycles. The lowest BCUT2D eigenvalue weighted by Crippen LogP contribution is -2.00. The first-order valence-corrected chi connectivity index (χ1v) is 6.18. The van der Waals surface area contributed by atoms with E-state index in [-0.39, 0.29) is 4.60 Å². The molecule has 0 bridgehead atoms. The van der Waals surface area contributed by atoms with Crippen LogP contribution in [0.15, 0.2) is 21.8 Å². The summed E-state index contributed by atoms with van der Waals surface area (Å²) in [6, 6.07) is 0.964. The van der Waals surface area contributed by atoms with Crippen LogP contribution in [0.4, 0.5) is 5.69 Å². The lowest BCUT2D eigenvalue weighted by atomic mass is 10.4. The molecule has 1 aromatic rings. The van der Waals surface area contributed by atoms with Crippen LogP contribution in [0.1, 0.15) is 0 Å². The van der Waals surface area contributed by atoms with Crippen molar-refractivity contribution in [2.75, 3.05) is 0 Å². The minimum absolute atomic E-state index is 0.177. The summed E-state index contributed by atoms with van der Waals surface area (Å²) in [4.78, 5) is 12.6. The van der Waals surface area contributed by atoms with E-state index in [1.54, 1.807) is 0 Å². The normalized spacial score (nSPS) is 11.3. The summed E-state index contributed by atoms with van der Waals surface area (Å²) < 4.78 is 21.7. The van der Waals surface area contributed by atoms with Crippen molar-refractivity contribution in [1.82, 2.24) is 4.98 Å². The molecule has 0 saturated carbocycles. The van der Waals surface area contributed by atoms with Gasteiger partial charge in [0.2, 0.25) is 0 Å². The van der Waals surface area contributed by atoms with E-state index < -0.39 is 24.6 Å². The molecule has 0 aliphatic carbocycles. The number of pyridine rings is 1. The van der Waals surface area contributed by atoms with E-state index in [0.717, 1.165) is 12.3 Å². The predicted octanol–water partition coefficient (Wildman–Crippen LogP) is 1.68. The fourth-order valence-corrected chi connectivity index (χ4v) is 2.38. The average Bonchev–Trinajstić information content (AvgIpc) is 2.01. The Morgan fingerprint density at radius 3 is 2.50 bits per heavy atom. The fraction of sp³-hybridized carbons (Fsp3) is 0. The largest absolute Gasteiger partial charge is 0.321 e. The van der Waals surface area contributed by atoms with Crippen molar-refractivity contribution in [2.45, 2.75) is 4.90 Å². The van der Waals surface area contributed by atoms with E-state index in [1.807, 2.05) is 0 Å². The van der Waals surface area contributed by atoms with Crippen LogP contribution in [-0.4, -0.2) is 18.3 Å². The first-order valence-electron chi connectivity index (χ1n) is 3.07. The molecule has 0 aromatic carbocycles. The van der Waals surface area contributed by atoms with Crippen LogP contribution in [0.25, 0.3) is 0 Å². The zero-order chi connectivity index (χ0) is 10.9. The van der Waals surface area contributed by atoms with Crippen molar-refractivity contribution in [3.8, 4) is 0 Å². The molecule has 0 saturated heterocycles. The van der Waals surface area contributed by atoms with Crippen molar-refractivity contribution in [2.24, 2.45) is 0 Å². The molecule has 0 aliphatic heterocycles. The van der Waals surface area contributed by atoms with E-state index in [0.29, 0.717) is 0 Å². The Morgan fingerprint density at radius 2 is 2.14 bits per heavy atom. The fourth-order valence-electron chi connectivity index (χ4n) is 0.774. The molecule has 0 fully saturated rings. The van der Waals surface area contributed by atoms with Crippen LogP contribution in [0.3, 0.4) is 0 Å². The van der Waals surface area contributed by atoms with Crippen LogP contribution in [0, 0.1) is 10.1 Å². The summed E-state index contributed by atoms with van der Waals surface area (Å²) in [6.07, 6.45) is 1.10. The molecule has 0 unspecified atom stereocenters. The molecule has 0 atom stereocenters. The molecular weight excluding hydrogens is 299 g/mol. The summed E-state index contributed by atoms with van der Waals surface area (Å²) in [7, 11) is 0.858. The Balaban J connectivity index is 3.61. The lowest BCUT2D eigenvalue weighted by Gasteiger charge is -1.99. The molecule has 1 rings (SSSR count). The summed E-state index contributed by atoms with van der Waals surface area (Å²) >= 11 is 2.76. The van der Waals surface area contributed by atoms with Crippen molar-refractivity contribution in [3.05, 3.63) is 27.0 Å². The van der Waals surface area contributed by atoms with Crippen LogP contribution in [-0.2, 0) is 9.05 Å². The Kier molecular flexibility index (Phi) is 3.07. The first-order chi connectivity index (χ1) is 6.34. The van der Waals surface area contributed by atoms with E-state index in [4.69, 9.17) is 10.7 Å². The van der Waals surface area contributed by atoms with Gasteiger partial charge in [0.1, 0.15) is 0 Å². The maximum atomic E-state index is 10.9. The van der Waals surface area contributed by atoms with Crippen LogP contribution in [0.2, 0.25) is 0 Å². The number of nitro groups is 1. The van der Waals surface area contributed by atoms with Crippen molar-refractivity contribution < 1.29 is 13.3 Å². The second kappa shape index (κ2) is 3.79. The van der Waals surface area contributed by atoms with E-state index >= 15 is 0 Å². The molecule has 76 valence electrons. The van der Waals surface area contributed by atoms with Gasteiger partial charge in [-0.05, 0) is 22.0 Å². The van der Waals surface area contributed by atoms with Gasteiger partial charge in [-0.2, -0.15) is 0 Å². The third kappa shape index (κ3) is 2.20. The van der Waals surface area contributed by atoms with Gasteiger partial charge >= 0.3 is 5.69 Å². The van der Waals surface area contributed by atoms with Gasteiger partial charge in [-0.25, -0.2) is 13.4 Å². The smallest absolute Gasteiger partial charge is 0.258 e. The van der Waals surface area contributed by atoms with Gasteiger partial charge < -0.3 is 0 Å². The average molecular weight is 302 g/mol. The summed E-state index contributed by atoms with van der Waals surface area (Å²) in [5.74, 6) is 0. The zero-order valence-electron chi connectivity index (χ0n) is 6.35. The highest BCUT2D eigenvalue weighted by molar-refractivity contribution is 9.10. The summed E-state index contributed by atoms with van der Waals surface area (Å²) in [5.41, 5.74) is -0.664. The van der Waals surface area contributed by atoms with Crippen molar-refractivity contribution in [1.29, 1.82) is 0 Å². The molecule has 9 heteroatoms. The van der Waals surface area contributed by atoms with Gasteiger partial charge in [0.15, 0.2) is 9.50 Å². The molecule has 6 nitrogen and oxygen atoms in total.